The maximum absolute atomic E-state index is 12.1. The normalized spacial score (nSPS) is 16.2. The van der Waals surface area contributed by atoms with E-state index in [0.717, 1.165) is 30.7 Å². The Morgan fingerprint density at radius 2 is 2.08 bits per heavy atom. The summed E-state index contributed by atoms with van der Waals surface area (Å²) in [6, 6.07) is 0. The molecule has 8 heteroatoms. The van der Waals surface area contributed by atoms with Gasteiger partial charge in [0.1, 0.15) is 0 Å². The van der Waals surface area contributed by atoms with E-state index in [4.69, 9.17) is 4.74 Å². The molecule has 0 radical (unpaired) electrons. The Balaban J connectivity index is 2.14. The van der Waals surface area contributed by atoms with E-state index in [9.17, 15) is 4.79 Å². The highest BCUT2D eigenvalue weighted by molar-refractivity contribution is 8.00. The number of morpholine rings is 1. The fourth-order valence-electron chi connectivity index (χ4n) is 2.42. The van der Waals surface area contributed by atoms with Crippen molar-refractivity contribution in [2.75, 3.05) is 37.7 Å². The molecule has 1 fully saturated rings. The Morgan fingerprint density at radius 1 is 1.38 bits per heavy atom. The Bertz CT molecular complexity index is 555. The first-order valence-electron chi connectivity index (χ1n) is 8.34. The molecule has 1 aromatic rings. The minimum atomic E-state index is -0.238. The number of carbonyl (C=O) groups excluding carboxylic acids is 1. The Labute approximate surface area is 147 Å². The zero-order valence-electron chi connectivity index (χ0n) is 14.7. The molecule has 1 aliphatic heterocycles. The molecule has 2 rings (SSSR count). The number of rotatable bonds is 8. The van der Waals surface area contributed by atoms with Gasteiger partial charge in [-0.15, -0.1) is 16.8 Å². The molecule has 1 aromatic heterocycles. The number of nitrogens with one attached hydrogen (secondary N) is 1. The number of anilines is 1. The molecule has 0 aromatic carbocycles. The van der Waals surface area contributed by atoms with E-state index in [1.807, 2.05) is 6.92 Å². The minimum Gasteiger partial charge on any atom is -0.378 e. The Hall–Kier alpha value is -1.54. The summed E-state index contributed by atoms with van der Waals surface area (Å²) in [5, 5.41) is 12.1. The molecule has 0 bridgehead atoms. The van der Waals surface area contributed by atoms with Gasteiger partial charge in [0.15, 0.2) is 5.16 Å². The van der Waals surface area contributed by atoms with Crippen molar-refractivity contribution in [3.05, 3.63) is 12.7 Å². The number of hydrogen-bond acceptors (Lipinski definition) is 6. The molecule has 1 unspecified atom stereocenters. The van der Waals surface area contributed by atoms with Gasteiger partial charge < -0.3 is 15.0 Å². The Morgan fingerprint density at radius 3 is 2.71 bits per heavy atom. The summed E-state index contributed by atoms with van der Waals surface area (Å²) in [5.41, 5.74) is 0. The van der Waals surface area contributed by atoms with Crippen LogP contribution in [0.15, 0.2) is 17.8 Å². The highest BCUT2D eigenvalue weighted by Gasteiger charge is 2.24. The van der Waals surface area contributed by atoms with Crippen LogP contribution in [0.3, 0.4) is 0 Å². The number of hydrogen-bond donors (Lipinski definition) is 1. The van der Waals surface area contributed by atoms with Crippen LogP contribution in [0, 0.1) is 5.92 Å². The van der Waals surface area contributed by atoms with Crippen molar-refractivity contribution in [3.63, 3.8) is 0 Å². The first-order chi connectivity index (χ1) is 11.5. The summed E-state index contributed by atoms with van der Waals surface area (Å²) in [7, 11) is 0. The molecule has 0 aliphatic carbocycles. The SMILES string of the molecule is C=CCNC(=O)C(C)Sc1nnc(N2CCOCC2)n1CC(C)C. The third-order valence-electron chi connectivity index (χ3n) is 3.61. The molecule has 134 valence electrons. The van der Waals surface area contributed by atoms with E-state index in [0.29, 0.717) is 25.7 Å². The number of amides is 1. The first kappa shape index (κ1) is 18.8. The van der Waals surface area contributed by atoms with Crippen LogP contribution in [-0.2, 0) is 16.1 Å². The van der Waals surface area contributed by atoms with Crippen LogP contribution >= 0.6 is 11.8 Å². The summed E-state index contributed by atoms with van der Waals surface area (Å²) in [5.74, 6) is 1.31. The molecule has 0 spiro atoms. The molecule has 1 amide bonds. The monoisotopic (exact) mass is 353 g/mol. The van der Waals surface area contributed by atoms with Crippen molar-refractivity contribution in [1.82, 2.24) is 20.1 Å². The maximum atomic E-state index is 12.1. The van der Waals surface area contributed by atoms with Crippen LogP contribution in [0.4, 0.5) is 5.95 Å². The molecule has 2 heterocycles. The van der Waals surface area contributed by atoms with E-state index in [1.54, 1.807) is 6.08 Å². The Kier molecular flexibility index (Phi) is 7.11. The average Bonchev–Trinajstić information content (AvgIpc) is 2.95. The second-order valence-electron chi connectivity index (χ2n) is 6.18. The fraction of sp³-hybridized carbons (Fsp3) is 0.688. The molecule has 1 aliphatic rings. The van der Waals surface area contributed by atoms with Gasteiger partial charge in [0.2, 0.25) is 11.9 Å². The van der Waals surface area contributed by atoms with Crippen LogP contribution in [0.1, 0.15) is 20.8 Å². The lowest BCUT2D eigenvalue weighted by atomic mass is 10.2. The molecule has 24 heavy (non-hydrogen) atoms. The predicted octanol–water partition coefficient (Wildman–Crippen LogP) is 1.55. The highest BCUT2D eigenvalue weighted by Crippen LogP contribution is 2.27. The van der Waals surface area contributed by atoms with Crippen LogP contribution in [-0.4, -0.2) is 58.8 Å². The van der Waals surface area contributed by atoms with Gasteiger partial charge in [0.05, 0.1) is 18.5 Å². The summed E-state index contributed by atoms with van der Waals surface area (Å²) >= 11 is 1.44. The van der Waals surface area contributed by atoms with Crippen LogP contribution in [0.25, 0.3) is 0 Å². The topological polar surface area (TPSA) is 72.3 Å². The lowest BCUT2D eigenvalue weighted by molar-refractivity contribution is -0.120. The lowest BCUT2D eigenvalue weighted by Crippen LogP contribution is -2.38. The first-order valence-corrected chi connectivity index (χ1v) is 9.22. The second-order valence-corrected chi connectivity index (χ2v) is 7.49. The highest BCUT2D eigenvalue weighted by atomic mass is 32.2. The van der Waals surface area contributed by atoms with E-state index in [-0.39, 0.29) is 11.2 Å². The molecule has 1 N–H and O–H groups in total. The number of thioether (sulfide) groups is 1. The van der Waals surface area contributed by atoms with Gasteiger partial charge in [-0.2, -0.15) is 0 Å². The molecule has 0 saturated carbocycles. The van der Waals surface area contributed by atoms with Crippen molar-refractivity contribution in [1.29, 1.82) is 0 Å². The van der Waals surface area contributed by atoms with Gasteiger partial charge >= 0.3 is 0 Å². The number of carbonyl (C=O) groups is 1. The van der Waals surface area contributed by atoms with E-state index < -0.39 is 0 Å². The molecule has 1 saturated heterocycles. The molecular weight excluding hydrogens is 326 g/mol. The summed E-state index contributed by atoms with van der Waals surface area (Å²) in [4.78, 5) is 14.3. The average molecular weight is 353 g/mol. The predicted molar refractivity (Wildman–Crippen MR) is 96.4 cm³/mol. The molecule has 7 nitrogen and oxygen atoms in total. The van der Waals surface area contributed by atoms with Crippen LogP contribution < -0.4 is 10.2 Å². The van der Waals surface area contributed by atoms with E-state index in [2.05, 4.69) is 45.4 Å². The van der Waals surface area contributed by atoms with Crippen molar-refractivity contribution in [3.8, 4) is 0 Å². The lowest BCUT2D eigenvalue weighted by Gasteiger charge is -2.28. The zero-order valence-corrected chi connectivity index (χ0v) is 15.5. The smallest absolute Gasteiger partial charge is 0.233 e. The number of aromatic nitrogens is 3. The summed E-state index contributed by atoms with van der Waals surface area (Å²) in [6.45, 7) is 14.2. The zero-order chi connectivity index (χ0) is 17.5. The summed E-state index contributed by atoms with van der Waals surface area (Å²) < 4.78 is 7.54. The third-order valence-corrected chi connectivity index (χ3v) is 4.69. The van der Waals surface area contributed by atoms with Crippen molar-refractivity contribution < 1.29 is 9.53 Å². The van der Waals surface area contributed by atoms with Gasteiger partial charge in [0, 0.05) is 26.2 Å². The second kappa shape index (κ2) is 9.08. The standard InChI is InChI=1S/C16H27N5O2S/c1-5-6-17-14(22)13(4)24-16-19-18-15(21(16)11-12(2)3)20-7-9-23-10-8-20/h5,12-13H,1,6-11H2,2-4H3,(H,17,22). The third kappa shape index (κ3) is 4.98. The van der Waals surface area contributed by atoms with Crippen molar-refractivity contribution in [2.24, 2.45) is 5.92 Å². The van der Waals surface area contributed by atoms with Crippen LogP contribution in [0.2, 0.25) is 0 Å². The fourth-order valence-corrected chi connectivity index (χ4v) is 3.30. The van der Waals surface area contributed by atoms with E-state index in [1.165, 1.54) is 11.8 Å². The molecular formula is C16H27N5O2S. The minimum absolute atomic E-state index is 0.0214. The number of nitrogens with zero attached hydrogens (tertiary/aromatic N) is 4. The summed E-state index contributed by atoms with van der Waals surface area (Å²) in [6.07, 6.45) is 1.67. The van der Waals surface area contributed by atoms with Gasteiger partial charge in [0.25, 0.3) is 0 Å². The van der Waals surface area contributed by atoms with Gasteiger partial charge in [-0.05, 0) is 12.8 Å². The van der Waals surface area contributed by atoms with Gasteiger partial charge in [-0.25, -0.2) is 0 Å². The van der Waals surface area contributed by atoms with Crippen molar-refractivity contribution in [2.45, 2.75) is 37.7 Å². The maximum Gasteiger partial charge on any atom is 0.233 e. The largest absolute Gasteiger partial charge is 0.378 e. The number of ether oxygens (including phenoxy) is 1. The van der Waals surface area contributed by atoms with Gasteiger partial charge in [-0.3, -0.25) is 9.36 Å². The van der Waals surface area contributed by atoms with Crippen LogP contribution in [0.5, 0.6) is 0 Å². The molecule has 1 atom stereocenters. The quantitative estimate of drug-likeness (QED) is 0.565. The van der Waals surface area contributed by atoms with E-state index >= 15 is 0 Å². The van der Waals surface area contributed by atoms with Gasteiger partial charge in [-0.1, -0.05) is 31.7 Å². The van der Waals surface area contributed by atoms with Crippen molar-refractivity contribution >= 4 is 23.6 Å².